The van der Waals surface area contributed by atoms with E-state index in [1.165, 1.54) is 0 Å². The van der Waals surface area contributed by atoms with Crippen LogP contribution in [0.5, 0.6) is 0 Å². The van der Waals surface area contributed by atoms with Crippen molar-refractivity contribution < 1.29 is 0 Å². The highest BCUT2D eigenvalue weighted by Crippen LogP contribution is 2.26. The molecule has 18 heavy (non-hydrogen) atoms. The smallest absolute Gasteiger partial charge is 0.256 e. The number of pyridine rings is 1. The number of rotatable bonds is 1. The Morgan fingerprint density at radius 1 is 1.28 bits per heavy atom. The van der Waals surface area contributed by atoms with Gasteiger partial charge in [0.25, 0.3) is 5.56 Å². The highest BCUT2D eigenvalue weighted by molar-refractivity contribution is 9.11. The maximum absolute atomic E-state index is 11.9. The van der Waals surface area contributed by atoms with Crippen LogP contribution in [0, 0.1) is 0 Å². The lowest BCUT2D eigenvalue weighted by Gasteiger charge is -2.05. The fourth-order valence-corrected chi connectivity index (χ4v) is 3.06. The molecule has 3 rings (SSSR count). The third-order valence-corrected chi connectivity index (χ3v) is 3.77. The molecule has 0 saturated heterocycles. The predicted octanol–water partition coefficient (Wildman–Crippen LogP) is 1.96. The zero-order valence-electron chi connectivity index (χ0n) is 9.13. The molecule has 92 valence electrons. The first-order valence-corrected chi connectivity index (χ1v) is 6.88. The van der Waals surface area contributed by atoms with E-state index in [9.17, 15) is 4.79 Å². The molecule has 1 aliphatic rings. The minimum atomic E-state index is -0.100. The molecule has 0 aromatic carbocycles. The summed E-state index contributed by atoms with van der Waals surface area (Å²) in [5.74, 6) is 0.488. The number of nitrogens with zero attached hydrogens (tertiary/aromatic N) is 2. The SMILES string of the molecule is O=c1[nH]c(-c2ncc(Br)cc2Br)nc2c1CNC2. The van der Waals surface area contributed by atoms with Crippen molar-refractivity contribution in [2.24, 2.45) is 0 Å². The standard InChI is InChI=1S/C11H8Br2N4O/c12-5-1-7(13)9(15-2-5)10-16-8-4-14-3-6(8)11(18)17-10/h1-2,14H,3-4H2,(H,16,17,18). The van der Waals surface area contributed by atoms with E-state index in [0.717, 1.165) is 14.6 Å². The van der Waals surface area contributed by atoms with Crippen LogP contribution in [0.2, 0.25) is 0 Å². The number of H-pyrrole nitrogens is 1. The van der Waals surface area contributed by atoms with Crippen LogP contribution in [0.1, 0.15) is 11.3 Å². The van der Waals surface area contributed by atoms with Crippen molar-refractivity contribution in [3.05, 3.63) is 42.8 Å². The van der Waals surface area contributed by atoms with Gasteiger partial charge in [-0.3, -0.25) is 9.78 Å². The normalized spacial score (nSPS) is 13.7. The average molecular weight is 372 g/mol. The molecule has 7 heteroatoms. The Bertz CT molecular complexity index is 683. The van der Waals surface area contributed by atoms with Crippen molar-refractivity contribution in [2.45, 2.75) is 13.1 Å². The summed E-state index contributed by atoms with van der Waals surface area (Å²) in [6, 6.07) is 1.87. The number of fused-ring (bicyclic) bond motifs is 1. The van der Waals surface area contributed by atoms with Crippen LogP contribution in [0.3, 0.4) is 0 Å². The second-order valence-corrected chi connectivity index (χ2v) is 5.70. The van der Waals surface area contributed by atoms with Gasteiger partial charge in [-0.25, -0.2) is 4.98 Å². The van der Waals surface area contributed by atoms with Crippen molar-refractivity contribution in [3.63, 3.8) is 0 Å². The van der Waals surface area contributed by atoms with Crippen LogP contribution < -0.4 is 10.9 Å². The molecule has 2 aromatic rings. The molecule has 3 heterocycles. The van der Waals surface area contributed by atoms with E-state index in [2.05, 4.69) is 52.1 Å². The molecule has 0 atom stereocenters. The van der Waals surface area contributed by atoms with Gasteiger partial charge in [-0.05, 0) is 37.9 Å². The maximum Gasteiger partial charge on any atom is 0.256 e. The molecular weight excluding hydrogens is 364 g/mol. The molecule has 0 fully saturated rings. The van der Waals surface area contributed by atoms with Gasteiger partial charge in [-0.15, -0.1) is 0 Å². The third kappa shape index (κ3) is 2.02. The second-order valence-electron chi connectivity index (χ2n) is 3.93. The number of hydrogen-bond donors (Lipinski definition) is 2. The molecular formula is C11H8Br2N4O. The summed E-state index contributed by atoms with van der Waals surface area (Å²) in [5.41, 5.74) is 2.04. The van der Waals surface area contributed by atoms with Crippen LogP contribution in [0.4, 0.5) is 0 Å². The van der Waals surface area contributed by atoms with Gasteiger partial charge < -0.3 is 10.3 Å². The summed E-state index contributed by atoms with van der Waals surface area (Å²) in [4.78, 5) is 23.4. The van der Waals surface area contributed by atoms with E-state index < -0.39 is 0 Å². The Morgan fingerprint density at radius 2 is 2.11 bits per heavy atom. The zero-order chi connectivity index (χ0) is 12.7. The van der Waals surface area contributed by atoms with Gasteiger partial charge in [-0.1, -0.05) is 0 Å². The molecule has 2 aromatic heterocycles. The lowest BCUT2D eigenvalue weighted by Crippen LogP contribution is -2.16. The lowest BCUT2D eigenvalue weighted by atomic mass is 10.2. The first kappa shape index (κ1) is 12.0. The van der Waals surface area contributed by atoms with Crippen LogP contribution >= 0.6 is 31.9 Å². The molecule has 5 nitrogen and oxygen atoms in total. The Labute approximate surface area is 119 Å². The van der Waals surface area contributed by atoms with Gasteiger partial charge in [0.15, 0.2) is 5.82 Å². The van der Waals surface area contributed by atoms with E-state index >= 15 is 0 Å². The van der Waals surface area contributed by atoms with Crippen molar-refractivity contribution in [2.75, 3.05) is 0 Å². The van der Waals surface area contributed by atoms with Gasteiger partial charge in [0, 0.05) is 28.2 Å². The van der Waals surface area contributed by atoms with Gasteiger partial charge >= 0.3 is 0 Å². The van der Waals surface area contributed by atoms with E-state index in [1.54, 1.807) is 6.20 Å². The number of halogens is 2. The fourth-order valence-electron chi connectivity index (χ4n) is 1.88. The number of hydrogen-bond acceptors (Lipinski definition) is 4. The molecule has 0 saturated carbocycles. The van der Waals surface area contributed by atoms with Gasteiger partial charge in [0.05, 0.1) is 11.3 Å². The van der Waals surface area contributed by atoms with Crippen molar-refractivity contribution in [3.8, 4) is 11.5 Å². The summed E-state index contributed by atoms with van der Waals surface area (Å²) in [5, 5.41) is 3.11. The van der Waals surface area contributed by atoms with Crippen LogP contribution in [0.25, 0.3) is 11.5 Å². The molecule has 0 spiro atoms. The van der Waals surface area contributed by atoms with Crippen molar-refractivity contribution >= 4 is 31.9 Å². The molecule has 1 aliphatic heterocycles. The van der Waals surface area contributed by atoms with E-state index in [4.69, 9.17) is 0 Å². The van der Waals surface area contributed by atoms with Crippen molar-refractivity contribution in [1.29, 1.82) is 0 Å². The number of aromatic nitrogens is 3. The number of aromatic amines is 1. The highest BCUT2D eigenvalue weighted by Gasteiger charge is 2.18. The lowest BCUT2D eigenvalue weighted by molar-refractivity contribution is 0.757. The van der Waals surface area contributed by atoms with Gasteiger partial charge in [0.2, 0.25) is 0 Å². The molecule has 0 radical (unpaired) electrons. The monoisotopic (exact) mass is 370 g/mol. The average Bonchev–Trinajstić information content (AvgIpc) is 2.77. The predicted molar refractivity (Wildman–Crippen MR) is 74.0 cm³/mol. The number of nitrogens with one attached hydrogen (secondary N) is 2. The quantitative estimate of drug-likeness (QED) is 0.803. The molecule has 0 unspecified atom stereocenters. The highest BCUT2D eigenvalue weighted by atomic mass is 79.9. The first-order valence-electron chi connectivity index (χ1n) is 5.29. The largest absolute Gasteiger partial charge is 0.307 e. The van der Waals surface area contributed by atoms with E-state index in [0.29, 0.717) is 30.2 Å². The summed E-state index contributed by atoms with van der Waals surface area (Å²) in [6.45, 7) is 1.20. The Kier molecular flexibility index (Phi) is 3.04. The molecule has 2 N–H and O–H groups in total. The fraction of sp³-hybridized carbons (Fsp3) is 0.182. The Balaban J connectivity index is 2.18. The van der Waals surface area contributed by atoms with Crippen LogP contribution in [-0.4, -0.2) is 15.0 Å². The third-order valence-electron chi connectivity index (χ3n) is 2.73. The Hall–Kier alpha value is -1.05. The van der Waals surface area contributed by atoms with Gasteiger partial charge in [0.1, 0.15) is 5.69 Å². The van der Waals surface area contributed by atoms with Crippen LogP contribution in [0.15, 0.2) is 26.0 Å². The first-order chi connectivity index (χ1) is 8.65. The van der Waals surface area contributed by atoms with Crippen molar-refractivity contribution in [1.82, 2.24) is 20.3 Å². The summed E-state index contributed by atoms with van der Waals surface area (Å²) in [7, 11) is 0. The maximum atomic E-state index is 11.9. The topological polar surface area (TPSA) is 70.7 Å². The zero-order valence-corrected chi connectivity index (χ0v) is 12.3. The summed E-state index contributed by atoms with van der Waals surface area (Å²) in [6.07, 6.45) is 1.67. The van der Waals surface area contributed by atoms with Crippen LogP contribution in [-0.2, 0) is 13.1 Å². The molecule has 0 aliphatic carbocycles. The van der Waals surface area contributed by atoms with E-state index in [-0.39, 0.29) is 5.56 Å². The molecule has 0 amide bonds. The minimum Gasteiger partial charge on any atom is -0.307 e. The minimum absolute atomic E-state index is 0.100. The molecule has 0 bridgehead atoms. The second kappa shape index (κ2) is 4.56. The summed E-state index contributed by atoms with van der Waals surface area (Å²) < 4.78 is 1.65. The summed E-state index contributed by atoms with van der Waals surface area (Å²) >= 11 is 6.76. The van der Waals surface area contributed by atoms with Gasteiger partial charge in [-0.2, -0.15) is 0 Å². The Morgan fingerprint density at radius 3 is 2.89 bits per heavy atom. The van der Waals surface area contributed by atoms with E-state index in [1.807, 2.05) is 6.07 Å².